The van der Waals surface area contributed by atoms with Gasteiger partial charge in [0.1, 0.15) is 0 Å². The molecule has 0 aliphatic rings. The van der Waals surface area contributed by atoms with E-state index in [9.17, 15) is 13.2 Å². The number of carbonyl (C=O) groups excluding carboxylic acids is 1. The maximum atomic E-state index is 13.7. The summed E-state index contributed by atoms with van der Waals surface area (Å²) >= 11 is 0. The van der Waals surface area contributed by atoms with Crippen molar-refractivity contribution in [3.63, 3.8) is 0 Å². The van der Waals surface area contributed by atoms with Crippen molar-refractivity contribution >= 4 is 26.6 Å². The predicted molar refractivity (Wildman–Crippen MR) is 115 cm³/mol. The van der Waals surface area contributed by atoms with Crippen LogP contribution in [-0.2, 0) is 9.84 Å². The molecule has 0 radical (unpaired) electrons. The van der Waals surface area contributed by atoms with Gasteiger partial charge in [-0.05, 0) is 43.5 Å². The van der Waals surface area contributed by atoms with Crippen LogP contribution in [0.2, 0.25) is 0 Å². The third-order valence-electron chi connectivity index (χ3n) is 5.13. The van der Waals surface area contributed by atoms with Crippen molar-refractivity contribution in [1.29, 1.82) is 0 Å². The molecular weight excluding hydrogens is 384 g/mol. The minimum atomic E-state index is -3.92. The molecule has 2 aromatic carbocycles. The Kier molecular flexibility index (Phi) is 6.03. The number of para-hydroxylation sites is 1. The number of carbonyl (C=O) groups is 1. The Morgan fingerprint density at radius 2 is 1.62 bits per heavy atom. The molecule has 1 heterocycles. The fourth-order valence-corrected chi connectivity index (χ4v) is 5.01. The van der Waals surface area contributed by atoms with E-state index in [1.165, 1.54) is 6.20 Å². The minimum absolute atomic E-state index is 0.0253. The van der Waals surface area contributed by atoms with Crippen LogP contribution in [0.25, 0.3) is 10.9 Å². The van der Waals surface area contributed by atoms with Gasteiger partial charge in [-0.2, -0.15) is 0 Å². The molecule has 3 aromatic rings. The summed E-state index contributed by atoms with van der Waals surface area (Å²) in [6.45, 7) is 8.83. The maximum absolute atomic E-state index is 13.7. The zero-order valence-electron chi connectivity index (χ0n) is 17.2. The summed E-state index contributed by atoms with van der Waals surface area (Å²) in [6.07, 6.45) is 1.39. The summed E-state index contributed by atoms with van der Waals surface area (Å²) in [4.78, 5) is 19.3. The van der Waals surface area contributed by atoms with E-state index in [1.807, 2.05) is 26.0 Å². The van der Waals surface area contributed by atoms with Gasteiger partial charge in [-0.15, -0.1) is 0 Å². The van der Waals surface area contributed by atoms with Crippen molar-refractivity contribution in [2.24, 2.45) is 0 Å². The van der Waals surface area contributed by atoms with Crippen molar-refractivity contribution in [3.8, 4) is 0 Å². The summed E-state index contributed by atoms with van der Waals surface area (Å²) < 4.78 is 27.3. The van der Waals surface area contributed by atoms with Gasteiger partial charge in [-0.3, -0.25) is 9.78 Å². The lowest BCUT2D eigenvalue weighted by molar-refractivity contribution is 0.0769. The van der Waals surface area contributed by atoms with Crippen LogP contribution in [0.3, 0.4) is 0 Å². The van der Waals surface area contributed by atoms with Gasteiger partial charge in [0.05, 0.1) is 20.9 Å². The summed E-state index contributed by atoms with van der Waals surface area (Å²) in [5.74, 6) is -0.0288. The number of hydrogen-bond donors (Lipinski definition) is 0. The first-order chi connectivity index (χ1) is 13.8. The molecule has 0 spiro atoms. The smallest absolute Gasteiger partial charge is 0.256 e. The molecule has 0 fully saturated rings. The maximum Gasteiger partial charge on any atom is 0.256 e. The first kappa shape index (κ1) is 21.0. The van der Waals surface area contributed by atoms with Crippen LogP contribution in [-0.4, -0.2) is 37.3 Å². The molecule has 0 bridgehead atoms. The lowest BCUT2D eigenvalue weighted by Crippen LogP contribution is -2.31. The van der Waals surface area contributed by atoms with Gasteiger partial charge in [-0.25, -0.2) is 8.42 Å². The number of nitrogens with zero attached hydrogens (tertiary/aromatic N) is 2. The molecule has 29 heavy (non-hydrogen) atoms. The molecule has 0 saturated carbocycles. The van der Waals surface area contributed by atoms with Gasteiger partial charge in [-0.1, -0.05) is 44.2 Å². The molecule has 1 amide bonds. The van der Waals surface area contributed by atoms with Gasteiger partial charge in [0, 0.05) is 24.7 Å². The van der Waals surface area contributed by atoms with Crippen molar-refractivity contribution in [1.82, 2.24) is 9.88 Å². The molecule has 0 aliphatic heterocycles. The van der Waals surface area contributed by atoms with Crippen LogP contribution in [0, 0.1) is 0 Å². The van der Waals surface area contributed by atoms with E-state index >= 15 is 0 Å². The van der Waals surface area contributed by atoms with Crippen molar-refractivity contribution < 1.29 is 13.2 Å². The van der Waals surface area contributed by atoms with Crippen LogP contribution >= 0.6 is 0 Å². The van der Waals surface area contributed by atoms with E-state index in [-0.39, 0.29) is 21.3 Å². The zero-order chi connectivity index (χ0) is 21.2. The van der Waals surface area contributed by atoms with Crippen molar-refractivity contribution in [2.45, 2.75) is 43.4 Å². The molecule has 0 unspecified atom stereocenters. The molecule has 0 aliphatic carbocycles. The molecule has 3 rings (SSSR count). The van der Waals surface area contributed by atoms with Gasteiger partial charge < -0.3 is 4.90 Å². The Hall–Kier alpha value is -2.73. The second-order valence-corrected chi connectivity index (χ2v) is 9.11. The van der Waals surface area contributed by atoms with E-state index in [0.29, 0.717) is 29.9 Å². The summed E-state index contributed by atoms with van der Waals surface area (Å²) in [7, 11) is -3.92. The van der Waals surface area contributed by atoms with Crippen LogP contribution in [0.1, 0.15) is 49.5 Å². The average Bonchev–Trinajstić information content (AvgIpc) is 2.73. The van der Waals surface area contributed by atoms with Crippen LogP contribution in [0.4, 0.5) is 0 Å². The average molecular weight is 411 g/mol. The highest BCUT2D eigenvalue weighted by atomic mass is 32.2. The standard InChI is InChI=1S/C23H26N2O3S/c1-5-25(6-2)23(26)20-15-24-21-10-8-7-9-19(21)22(20)29(27,28)18-13-11-17(12-14-18)16(3)4/h7-16H,5-6H2,1-4H3. The van der Waals surface area contributed by atoms with Gasteiger partial charge >= 0.3 is 0 Å². The number of hydrogen-bond acceptors (Lipinski definition) is 4. The fraction of sp³-hybridized carbons (Fsp3) is 0.304. The molecule has 6 heteroatoms. The van der Waals surface area contributed by atoms with Gasteiger partial charge in [0.15, 0.2) is 0 Å². The number of rotatable bonds is 6. The highest BCUT2D eigenvalue weighted by molar-refractivity contribution is 7.91. The highest BCUT2D eigenvalue weighted by Gasteiger charge is 2.29. The second kappa shape index (κ2) is 8.33. The van der Waals surface area contributed by atoms with Gasteiger partial charge in [0.25, 0.3) is 5.91 Å². The van der Waals surface area contributed by atoms with Crippen LogP contribution in [0.5, 0.6) is 0 Å². The number of amides is 1. The SMILES string of the molecule is CCN(CC)C(=O)c1cnc2ccccc2c1S(=O)(=O)c1ccc(C(C)C)cc1. The molecule has 152 valence electrons. The van der Waals surface area contributed by atoms with Crippen LogP contribution in [0.15, 0.2) is 64.5 Å². The van der Waals surface area contributed by atoms with E-state index in [4.69, 9.17) is 0 Å². The first-order valence-electron chi connectivity index (χ1n) is 9.83. The summed E-state index contributed by atoms with van der Waals surface area (Å²) in [5, 5.41) is 0.457. The lowest BCUT2D eigenvalue weighted by atomic mass is 10.0. The molecule has 5 nitrogen and oxygen atoms in total. The predicted octanol–water partition coefficient (Wildman–Crippen LogP) is 4.67. The number of sulfone groups is 1. The number of benzene rings is 2. The normalized spacial score (nSPS) is 11.8. The lowest BCUT2D eigenvalue weighted by Gasteiger charge is -2.21. The quantitative estimate of drug-likeness (QED) is 0.592. The van der Waals surface area contributed by atoms with Crippen LogP contribution < -0.4 is 0 Å². The Bertz CT molecular complexity index is 1130. The first-order valence-corrected chi connectivity index (χ1v) is 11.3. The molecule has 1 aromatic heterocycles. The number of aromatic nitrogens is 1. The zero-order valence-corrected chi connectivity index (χ0v) is 18.0. The Balaban J connectivity index is 2.28. The van der Waals surface area contributed by atoms with Gasteiger partial charge in [0.2, 0.25) is 9.84 Å². The monoisotopic (exact) mass is 410 g/mol. The third-order valence-corrected chi connectivity index (χ3v) is 7.00. The van der Waals surface area contributed by atoms with Crippen molar-refractivity contribution in [3.05, 3.63) is 65.9 Å². The summed E-state index contributed by atoms with van der Waals surface area (Å²) in [6, 6.07) is 13.9. The van der Waals surface area contributed by atoms with E-state index < -0.39 is 9.84 Å². The Labute approximate surface area is 172 Å². The minimum Gasteiger partial charge on any atom is -0.339 e. The highest BCUT2D eigenvalue weighted by Crippen LogP contribution is 2.32. The number of pyridine rings is 1. The second-order valence-electron chi connectivity index (χ2n) is 7.22. The third kappa shape index (κ3) is 3.90. The summed E-state index contributed by atoms with van der Waals surface area (Å²) in [5.41, 5.74) is 1.71. The number of fused-ring (bicyclic) bond motifs is 1. The topological polar surface area (TPSA) is 67.3 Å². The molecule has 0 N–H and O–H groups in total. The Morgan fingerprint density at radius 3 is 2.21 bits per heavy atom. The molecular formula is C23H26N2O3S. The van der Waals surface area contributed by atoms with Crippen molar-refractivity contribution in [2.75, 3.05) is 13.1 Å². The largest absolute Gasteiger partial charge is 0.339 e. The molecule has 0 atom stereocenters. The van der Waals surface area contributed by atoms with E-state index in [0.717, 1.165) is 5.56 Å². The fourth-order valence-electron chi connectivity index (χ4n) is 3.39. The Morgan fingerprint density at radius 1 is 1.00 bits per heavy atom. The van der Waals surface area contributed by atoms with E-state index in [1.54, 1.807) is 41.3 Å². The van der Waals surface area contributed by atoms with E-state index in [2.05, 4.69) is 18.8 Å². The molecule has 0 saturated heterocycles.